The summed E-state index contributed by atoms with van der Waals surface area (Å²) in [6.45, 7) is 5.76. The molecule has 0 aromatic rings. The molecule has 1 aliphatic heterocycles. The van der Waals surface area contributed by atoms with Gasteiger partial charge in [-0.25, -0.2) is 0 Å². The number of carbonyl (C=O) groups excluding carboxylic acids is 1. The van der Waals surface area contributed by atoms with Crippen LogP contribution in [-0.4, -0.2) is 29.2 Å². The average Bonchev–Trinajstić information content (AvgIpc) is 2.14. The molecule has 0 saturated carbocycles. The van der Waals surface area contributed by atoms with Gasteiger partial charge in [0.2, 0.25) is 0 Å². The van der Waals surface area contributed by atoms with Gasteiger partial charge in [-0.1, -0.05) is 0 Å². The second-order valence-corrected chi connectivity index (χ2v) is 2.78. The summed E-state index contributed by atoms with van der Waals surface area (Å²) in [5, 5.41) is 0. The van der Waals surface area contributed by atoms with Gasteiger partial charge in [-0.2, -0.15) is 0 Å². The standard InChI is InChI=1S/C7H12N2O/c1-5(2)9-4-8-6(3)7(9)10/h4-6H,1-3H3. The molecular weight excluding hydrogens is 128 g/mol. The van der Waals surface area contributed by atoms with Gasteiger partial charge in [0, 0.05) is 6.04 Å². The second kappa shape index (κ2) is 2.40. The Morgan fingerprint density at radius 2 is 2.30 bits per heavy atom. The zero-order valence-corrected chi connectivity index (χ0v) is 6.53. The van der Waals surface area contributed by atoms with E-state index in [0.29, 0.717) is 0 Å². The minimum atomic E-state index is -0.164. The van der Waals surface area contributed by atoms with Gasteiger partial charge in [-0.15, -0.1) is 0 Å². The molecule has 10 heavy (non-hydrogen) atoms. The first-order valence-corrected chi connectivity index (χ1v) is 3.48. The van der Waals surface area contributed by atoms with E-state index in [1.807, 2.05) is 13.8 Å². The molecule has 0 aromatic carbocycles. The summed E-state index contributed by atoms with van der Waals surface area (Å²) in [4.78, 5) is 16.8. The fourth-order valence-corrected chi connectivity index (χ4v) is 0.896. The molecule has 0 N–H and O–H groups in total. The van der Waals surface area contributed by atoms with Crippen molar-refractivity contribution in [1.82, 2.24) is 4.90 Å². The topological polar surface area (TPSA) is 32.7 Å². The molecule has 0 spiro atoms. The number of rotatable bonds is 1. The largest absolute Gasteiger partial charge is 0.299 e. The first kappa shape index (κ1) is 7.25. The zero-order chi connectivity index (χ0) is 7.72. The van der Waals surface area contributed by atoms with Crippen LogP contribution >= 0.6 is 0 Å². The molecule has 0 saturated heterocycles. The van der Waals surface area contributed by atoms with Crippen molar-refractivity contribution >= 4 is 12.2 Å². The van der Waals surface area contributed by atoms with Gasteiger partial charge in [0.25, 0.3) is 5.91 Å². The molecule has 3 nitrogen and oxygen atoms in total. The van der Waals surface area contributed by atoms with Crippen LogP contribution in [-0.2, 0) is 4.79 Å². The van der Waals surface area contributed by atoms with Crippen LogP contribution in [0.25, 0.3) is 0 Å². The van der Waals surface area contributed by atoms with E-state index in [1.54, 1.807) is 18.2 Å². The van der Waals surface area contributed by atoms with Crippen molar-refractivity contribution in [2.75, 3.05) is 0 Å². The third-order valence-electron chi connectivity index (χ3n) is 1.58. The number of aliphatic imine (C=N–C) groups is 1. The van der Waals surface area contributed by atoms with Crippen LogP contribution in [0, 0.1) is 0 Å². The predicted molar refractivity (Wildman–Crippen MR) is 39.9 cm³/mol. The van der Waals surface area contributed by atoms with Gasteiger partial charge in [0.15, 0.2) is 0 Å². The zero-order valence-electron chi connectivity index (χ0n) is 6.53. The molecule has 1 unspecified atom stereocenters. The quantitative estimate of drug-likeness (QED) is 0.526. The van der Waals surface area contributed by atoms with E-state index in [0.717, 1.165) is 0 Å². The lowest BCUT2D eigenvalue weighted by Crippen LogP contribution is -2.35. The Morgan fingerprint density at radius 1 is 1.70 bits per heavy atom. The Kier molecular flexibility index (Phi) is 1.74. The van der Waals surface area contributed by atoms with Gasteiger partial charge in [-0.3, -0.25) is 14.7 Å². The number of nitrogens with zero attached hydrogens (tertiary/aromatic N) is 2. The summed E-state index contributed by atoms with van der Waals surface area (Å²) in [7, 11) is 0. The molecule has 56 valence electrons. The van der Waals surface area contributed by atoms with Crippen molar-refractivity contribution in [3.8, 4) is 0 Å². The number of carbonyl (C=O) groups is 1. The molecule has 1 atom stereocenters. The molecule has 0 aromatic heterocycles. The summed E-state index contributed by atoms with van der Waals surface area (Å²) < 4.78 is 0. The van der Waals surface area contributed by atoms with E-state index in [-0.39, 0.29) is 18.0 Å². The van der Waals surface area contributed by atoms with Gasteiger partial charge in [0.1, 0.15) is 6.04 Å². The molecule has 3 heteroatoms. The lowest BCUT2D eigenvalue weighted by molar-refractivity contribution is -0.127. The third kappa shape index (κ3) is 1.03. The Balaban J connectivity index is 2.67. The minimum Gasteiger partial charge on any atom is -0.299 e. The van der Waals surface area contributed by atoms with Crippen LogP contribution in [0.3, 0.4) is 0 Å². The highest BCUT2D eigenvalue weighted by Crippen LogP contribution is 2.07. The number of hydrogen-bond acceptors (Lipinski definition) is 2. The average molecular weight is 140 g/mol. The van der Waals surface area contributed by atoms with Crippen molar-refractivity contribution < 1.29 is 4.79 Å². The van der Waals surface area contributed by atoms with Crippen molar-refractivity contribution in [2.45, 2.75) is 32.9 Å². The predicted octanol–water partition coefficient (Wildman–Crippen LogP) is 0.654. The Labute approximate surface area is 60.7 Å². The minimum absolute atomic E-state index is 0.106. The molecule has 0 bridgehead atoms. The highest BCUT2D eigenvalue weighted by molar-refractivity contribution is 5.96. The van der Waals surface area contributed by atoms with Crippen LogP contribution in [0.4, 0.5) is 0 Å². The van der Waals surface area contributed by atoms with E-state index in [9.17, 15) is 4.79 Å². The van der Waals surface area contributed by atoms with E-state index in [2.05, 4.69) is 4.99 Å². The summed E-state index contributed by atoms with van der Waals surface area (Å²) >= 11 is 0. The van der Waals surface area contributed by atoms with Crippen molar-refractivity contribution in [1.29, 1.82) is 0 Å². The number of hydrogen-bond donors (Lipinski definition) is 0. The van der Waals surface area contributed by atoms with Crippen LogP contribution in [0.1, 0.15) is 20.8 Å². The summed E-state index contributed by atoms with van der Waals surface area (Å²) in [5.74, 6) is 0.106. The summed E-state index contributed by atoms with van der Waals surface area (Å²) in [5.41, 5.74) is 0. The van der Waals surface area contributed by atoms with Crippen LogP contribution < -0.4 is 0 Å². The highest BCUT2D eigenvalue weighted by atomic mass is 16.2. The molecule has 1 amide bonds. The molecule has 1 rings (SSSR count). The van der Waals surface area contributed by atoms with Crippen LogP contribution in [0.15, 0.2) is 4.99 Å². The normalized spacial score (nSPS) is 25.0. The second-order valence-electron chi connectivity index (χ2n) is 2.78. The van der Waals surface area contributed by atoms with Gasteiger partial charge in [0.05, 0.1) is 6.34 Å². The Bertz CT molecular complexity index is 174. The van der Waals surface area contributed by atoms with Crippen molar-refractivity contribution in [3.63, 3.8) is 0 Å². The SMILES string of the molecule is CC1N=CN(C(C)C)C1=O. The molecular formula is C7H12N2O. The monoisotopic (exact) mass is 140 g/mol. The van der Waals surface area contributed by atoms with Crippen LogP contribution in [0.2, 0.25) is 0 Å². The van der Waals surface area contributed by atoms with Gasteiger partial charge < -0.3 is 0 Å². The lowest BCUT2D eigenvalue weighted by atomic mass is 10.3. The smallest absolute Gasteiger partial charge is 0.252 e. The lowest BCUT2D eigenvalue weighted by Gasteiger charge is -2.16. The van der Waals surface area contributed by atoms with E-state index in [4.69, 9.17) is 0 Å². The molecule has 1 aliphatic rings. The van der Waals surface area contributed by atoms with E-state index < -0.39 is 0 Å². The fraction of sp³-hybridized carbons (Fsp3) is 0.714. The van der Waals surface area contributed by atoms with E-state index in [1.165, 1.54) is 0 Å². The maximum Gasteiger partial charge on any atom is 0.252 e. The van der Waals surface area contributed by atoms with Crippen molar-refractivity contribution in [3.05, 3.63) is 0 Å². The fourth-order valence-electron chi connectivity index (χ4n) is 0.896. The molecule has 0 fully saturated rings. The molecule has 1 heterocycles. The molecule has 0 radical (unpaired) electrons. The Morgan fingerprint density at radius 3 is 2.50 bits per heavy atom. The summed E-state index contributed by atoms with van der Waals surface area (Å²) in [6.07, 6.45) is 1.62. The first-order valence-electron chi connectivity index (χ1n) is 3.48. The number of amides is 1. The first-order chi connectivity index (χ1) is 4.63. The van der Waals surface area contributed by atoms with Gasteiger partial charge >= 0.3 is 0 Å². The maximum absolute atomic E-state index is 11.1. The Hall–Kier alpha value is -0.860. The van der Waals surface area contributed by atoms with E-state index >= 15 is 0 Å². The highest BCUT2D eigenvalue weighted by Gasteiger charge is 2.25. The molecule has 0 aliphatic carbocycles. The maximum atomic E-state index is 11.1. The summed E-state index contributed by atoms with van der Waals surface area (Å²) in [6, 6.07) is 0.0728. The van der Waals surface area contributed by atoms with Crippen molar-refractivity contribution in [2.24, 2.45) is 4.99 Å². The van der Waals surface area contributed by atoms with Crippen LogP contribution in [0.5, 0.6) is 0 Å². The van der Waals surface area contributed by atoms with Gasteiger partial charge in [-0.05, 0) is 20.8 Å². The third-order valence-corrected chi connectivity index (χ3v) is 1.58.